The number of nitrogens with zero attached hydrogens (tertiary/aromatic N) is 1. The first kappa shape index (κ1) is 20.2. The summed E-state index contributed by atoms with van der Waals surface area (Å²) in [6.45, 7) is 2.51. The van der Waals surface area contributed by atoms with E-state index in [4.69, 9.17) is 11.6 Å². The molecule has 0 unspecified atom stereocenters. The predicted molar refractivity (Wildman–Crippen MR) is 110 cm³/mol. The minimum Gasteiger partial charge on any atom is -0.336 e. The molecule has 7 nitrogen and oxygen atoms in total. The summed E-state index contributed by atoms with van der Waals surface area (Å²) in [7, 11) is -3.79. The number of aromatic nitrogens is 2. The summed E-state index contributed by atoms with van der Waals surface area (Å²) < 4.78 is 27.2. The topological polar surface area (TPSA) is 101 Å². The van der Waals surface area contributed by atoms with Gasteiger partial charge in [-0.1, -0.05) is 24.9 Å². The maximum atomic E-state index is 12.9. The molecule has 2 heterocycles. The summed E-state index contributed by atoms with van der Waals surface area (Å²) in [4.78, 5) is 28.0. The molecule has 0 spiro atoms. The van der Waals surface area contributed by atoms with Crippen LogP contribution in [0.2, 0.25) is 5.02 Å². The molecule has 1 amide bonds. The van der Waals surface area contributed by atoms with Crippen LogP contribution in [0, 0.1) is 0 Å². The second kappa shape index (κ2) is 7.81. The number of hydrogen-bond donors (Lipinski definition) is 2. The molecule has 2 aromatic heterocycles. The second-order valence-corrected chi connectivity index (χ2v) is 8.69. The van der Waals surface area contributed by atoms with Gasteiger partial charge < -0.3 is 9.55 Å². The van der Waals surface area contributed by atoms with Crippen LogP contribution in [0.5, 0.6) is 0 Å². The zero-order valence-corrected chi connectivity index (χ0v) is 17.0. The molecule has 0 aliphatic heterocycles. The third-order valence-corrected chi connectivity index (χ3v) is 5.13. The van der Waals surface area contributed by atoms with E-state index >= 15 is 0 Å². The number of unbranched alkanes of at least 4 members (excludes halogenated alkanes) is 1. The Morgan fingerprint density at radius 3 is 2.68 bits per heavy atom. The highest BCUT2D eigenvalue weighted by atomic mass is 35.5. The van der Waals surface area contributed by atoms with Gasteiger partial charge in [0.15, 0.2) is 0 Å². The molecular weight excluding hydrogens is 402 g/mol. The fourth-order valence-corrected chi connectivity index (χ4v) is 3.82. The molecule has 148 valence electrons. The molecule has 0 aliphatic rings. The Labute approximate surface area is 167 Å². The van der Waals surface area contributed by atoms with Gasteiger partial charge in [-0.25, -0.2) is 13.1 Å². The van der Waals surface area contributed by atoms with Crippen molar-refractivity contribution in [3.8, 4) is 11.1 Å². The number of carbonyl (C=O) groups excluding carboxylic acids is 1. The number of fused-ring (bicyclic) bond motifs is 1. The van der Waals surface area contributed by atoms with Crippen LogP contribution in [0.4, 0.5) is 0 Å². The molecule has 0 atom stereocenters. The average Bonchev–Trinajstić information content (AvgIpc) is 2.92. The van der Waals surface area contributed by atoms with Crippen molar-refractivity contribution in [3.63, 3.8) is 0 Å². The van der Waals surface area contributed by atoms with E-state index in [0.29, 0.717) is 28.0 Å². The van der Waals surface area contributed by atoms with Gasteiger partial charge in [0.1, 0.15) is 5.69 Å². The van der Waals surface area contributed by atoms with Crippen molar-refractivity contribution in [2.24, 2.45) is 0 Å². The van der Waals surface area contributed by atoms with Gasteiger partial charge in [0.2, 0.25) is 10.0 Å². The number of halogens is 1. The summed E-state index contributed by atoms with van der Waals surface area (Å²) in [6.07, 6.45) is 4.05. The number of hydrogen-bond acceptors (Lipinski definition) is 4. The SMILES string of the molecule is CCCCn1c(C(=O)NS(C)(=O)=O)c(-c2ccc[nH]c2=O)c2cc(Cl)ccc21. The number of H-pyrrole nitrogens is 1. The van der Waals surface area contributed by atoms with Crippen LogP contribution in [0.3, 0.4) is 0 Å². The molecule has 0 bridgehead atoms. The molecule has 0 fully saturated rings. The van der Waals surface area contributed by atoms with Gasteiger partial charge in [0.25, 0.3) is 11.5 Å². The van der Waals surface area contributed by atoms with Crippen LogP contribution >= 0.6 is 11.6 Å². The molecule has 0 radical (unpaired) electrons. The normalized spacial score (nSPS) is 11.7. The Bertz CT molecular complexity index is 1210. The lowest BCUT2D eigenvalue weighted by Gasteiger charge is -2.11. The van der Waals surface area contributed by atoms with Crippen LogP contribution in [0.25, 0.3) is 22.0 Å². The van der Waals surface area contributed by atoms with Crippen molar-refractivity contribution < 1.29 is 13.2 Å². The maximum absolute atomic E-state index is 12.9. The van der Waals surface area contributed by atoms with Crippen LogP contribution in [0.15, 0.2) is 41.3 Å². The number of amides is 1. The molecule has 1 aromatic carbocycles. The third-order valence-electron chi connectivity index (χ3n) is 4.34. The van der Waals surface area contributed by atoms with Crippen molar-refractivity contribution in [1.29, 1.82) is 0 Å². The van der Waals surface area contributed by atoms with Gasteiger partial charge >= 0.3 is 0 Å². The Morgan fingerprint density at radius 1 is 1.29 bits per heavy atom. The summed E-state index contributed by atoms with van der Waals surface area (Å²) in [5.41, 5.74) is 1.06. The number of carbonyl (C=O) groups is 1. The van der Waals surface area contributed by atoms with Crippen molar-refractivity contribution in [1.82, 2.24) is 14.3 Å². The van der Waals surface area contributed by atoms with Gasteiger partial charge in [-0.05, 0) is 36.8 Å². The smallest absolute Gasteiger partial charge is 0.282 e. The molecular formula is C19H20ClN3O4S. The van der Waals surface area contributed by atoms with E-state index in [0.717, 1.165) is 19.1 Å². The van der Waals surface area contributed by atoms with E-state index in [2.05, 4.69) is 4.98 Å². The van der Waals surface area contributed by atoms with E-state index < -0.39 is 15.9 Å². The van der Waals surface area contributed by atoms with Gasteiger partial charge in [-0.2, -0.15) is 0 Å². The molecule has 3 aromatic rings. The lowest BCUT2D eigenvalue weighted by molar-refractivity contribution is 0.0973. The molecule has 9 heteroatoms. The van der Waals surface area contributed by atoms with Crippen LogP contribution in [0.1, 0.15) is 30.3 Å². The molecule has 0 aliphatic carbocycles. The zero-order valence-electron chi connectivity index (χ0n) is 15.5. The number of pyridine rings is 1. The van der Waals surface area contributed by atoms with E-state index in [1.165, 1.54) is 6.20 Å². The maximum Gasteiger partial charge on any atom is 0.282 e. The quantitative estimate of drug-likeness (QED) is 0.638. The van der Waals surface area contributed by atoms with Crippen molar-refractivity contribution in [2.45, 2.75) is 26.3 Å². The number of rotatable bonds is 6. The third kappa shape index (κ3) is 3.98. The fraction of sp³-hybridized carbons (Fsp3) is 0.263. The Hall–Kier alpha value is -2.58. The molecule has 2 N–H and O–H groups in total. The number of sulfonamides is 1. The standard InChI is InChI=1S/C19H20ClN3O4S/c1-3-4-10-23-15-8-7-12(20)11-14(15)16(13-6-5-9-21-18(13)24)17(23)19(25)22-28(2,26)27/h5-9,11H,3-4,10H2,1-2H3,(H,21,24)(H,22,25). The van der Waals surface area contributed by atoms with Gasteiger partial charge in [-0.15, -0.1) is 0 Å². The van der Waals surface area contributed by atoms with E-state index in [1.54, 1.807) is 34.9 Å². The molecule has 3 rings (SSSR count). The van der Waals surface area contributed by atoms with Crippen molar-refractivity contribution >= 4 is 38.4 Å². The fourth-order valence-electron chi connectivity index (χ4n) is 3.22. The molecule has 0 saturated heterocycles. The van der Waals surface area contributed by atoms with E-state index in [1.807, 2.05) is 11.6 Å². The number of aryl methyl sites for hydroxylation is 1. The minimum atomic E-state index is -3.79. The van der Waals surface area contributed by atoms with Crippen molar-refractivity contribution in [2.75, 3.05) is 6.26 Å². The van der Waals surface area contributed by atoms with Crippen LogP contribution in [-0.4, -0.2) is 30.1 Å². The lowest BCUT2D eigenvalue weighted by Crippen LogP contribution is -2.31. The minimum absolute atomic E-state index is 0.118. The van der Waals surface area contributed by atoms with Crippen LogP contribution in [-0.2, 0) is 16.6 Å². The summed E-state index contributed by atoms with van der Waals surface area (Å²) in [5.74, 6) is -0.788. The van der Waals surface area contributed by atoms with Crippen LogP contribution < -0.4 is 10.3 Å². The monoisotopic (exact) mass is 421 g/mol. The highest BCUT2D eigenvalue weighted by molar-refractivity contribution is 7.89. The van der Waals surface area contributed by atoms with E-state index in [-0.39, 0.29) is 16.8 Å². The zero-order chi connectivity index (χ0) is 20.5. The highest BCUT2D eigenvalue weighted by Gasteiger charge is 2.26. The van der Waals surface area contributed by atoms with Gasteiger partial charge in [0.05, 0.1) is 6.26 Å². The Balaban J connectivity index is 2.42. The number of nitrogens with one attached hydrogen (secondary N) is 2. The van der Waals surface area contributed by atoms with E-state index in [9.17, 15) is 18.0 Å². The predicted octanol–water partition coefficient (Wildman–Crippen LogP) is 3.14. The first-order valence-electron chi connectivity index (χ1n) is 8.75. The first-order valence-corrected chi connectivity index (χ1v) is 11.0. The Morgan fingerprint density at radius 2 is 2.04 bits per heavy atom. The second-order valence-electron chi connectivity index (χ2n) is 6.51. The van der Waals surface area contributed by atoms with Crippen molar-refractivity contribution in [3.05, 3.63) is 57.6 Å². The number of aromatic amines is 1. The summed E-state index contributed by atoms with van der Waals surface area (Å²) in [5, 5.41) is 1.06. The summed E-state index contributed by atoms with van der Waals surface area (Å²) in [6, 6.07) is 8.39. The lowest BCUT2D eigenvalue weighted by atomic mass is 10.0. The van der Waals surface area contributed by atoms with Gasteiger partial charge in [0, 0.05) is 39.8 Å². The average molecular weight is 422 g/mol. The molecule has 28 heavy (non-hydrogen) atoms. The summed E-state index contributed by atoms with van der Waals surface area (Å²) >= 11 is 6.18. The van der Waals surface area contributed by atoms with Gasteiger partial charge in [-0.3, -0.25) is 9.59 Å². The largest absolute Gasteiger partial charge is 0.336 e. The Kier molecular flexibility index (Phi) is 5.62. The number of benzene rings is 1. The molecule has 0 saturated carbocycles. The first-order chi connectivity index (χ1) is 13.2. The highest BCUT2D eigenvalue weighted by Crippen LogP contribution is 2.35.